The molecule has 94 valence electrons. The molecule has 0 fully saturated rings. The van der Waals surface area contributed by atoms with Crippen molar-refractivity contribution in [1.29, 1.82) is 0 Å². The summed E-state index contributed by atoms with van der Waals surface area (Å²) in [7, 11) is 0. The quantitative estimate of drug-likeness (QED) is 0.675. The summed E-state index contributed by atoms with van der Waals surface area (Å²) in [6.07, 6.45) is 4.00. The number of aldehydes is 1. The molecule has 3 heterocycles. The summed E-state index contributed by atoms with van der Waals surface area (Å²) in [6, 6.07) is 5.72. The maximum absolute atomic E-state index is 10.5. The molecule has 3 aromatic rings. The van der Waals surface area contributed by atoms with Crippen LogP contribution in [0.5, 0.6) is 0 Å². The molecule has 0 N–H and O–H groups in total. The lowest BCUT2D eigenvalue weighted by molar-refractivity contribution is 0.111. The predicted octanol–water partition coefficient (Wildman–Crippen LogP) is 1.66. The Bertz CT molecular complexity index is 691. The Hall–Kier alpha value is -2.41. The maximum Gasteiger partial charge on any atom is 0.171 e. The minimum atomic E-state index is 0.320. The Morgan fingerprint density at radius 3 is 3.05 bits per heavy atom. The van der Waals surface area contributed by atoms with E-state index in [1.165, 1.54) is 11.3 Å². The van der Waals surface area contributed by atoms with Crippen molar-refractivity contribution in [2.24, 2.45) is 0 Å². The molecule has 6 nitrogen and oxygen atoms in total. The van der Waals surface area contributed by atoms with Crippen LogP contribution in [0.2, 0.25) is 0 Å². The van der Waals surface area contributed by atoms with Gasteiger partial charge in [-0.25, -0.2) is 9.67 Å². The lowest BCUT2D eigenvalue weighted by Crippen LogP contribution is -2.00. The molecular formula is C12H9N5OS. The van der Waals surface area contributed by atoms with Gasteiger partial charge in [-0.05, 0) is 12.1 Å². The summed E-state index contributed by atoms with van der Waals surface area (Å²) >= 11 is 1.53. The fourth-order valence-corrected chi connectivity index (χ4v) is 2.38. The van der Waals surface area contributed by atoms with E-state index >= 15 is 0 Å². The lowest BCUT2D eigenvalue weighted by Gasteiger charge is -1.95. The van der Waals surface area contributed by atoms with Crippen molar-refractivity contribution in [3.05, 3.63) is 47.4 Å². The molecule has 19 heavy (non-hydrogen) atoms. The molecule has 3 rings (SSSR count). The number of carbonyl (C=O) groups is 1. The molecule has 0 aromatic carbocycles. The predicted molar refractivity (Wildman–Crippen MR) is 69.9 cm³/mol. The van der Waals surface area contributed by atoms with Gasteiger partial charge >= 0.3 is 0 Å². The van der Waals surface area contributed by atoms with Crippen molar-refractivity contribution in [3.63, 3.8) is 0 Å². The number of aromatic nitrogens is 5. The van der Waals surface area contributed by atoms with Crippen molar-refractivity contribution in [1.82, 2.24) is 25.0 Å². The zero-order valence-corrected chi connectivity index (χ0v) is 10.6. The summed E-state index contributed by atoms with van der Waals surface area (Å²) < 4.78 is 1.58. The SMILES string of the molecule is O=Cc1cn(Cc2csc(-c3ccccn3)n2)nn1. The number of hydrogen-bond donors (Lipinski definition) is 0. The fraction of sp³-hybridized carbons (Fsp3) is 0.0833. The average molecular weight is 271 g/mol. The number of nitrogens with zero attached hydrogens (tertiary/aromatic N) is 5. The van der Waals surface area contributed by atoms with Crippen LogP contribution in [0.1, 0.15) is 16.2 Å². The first-order valence-corrected chi connectivity index (χ1v) is 6.44. The van der Waals surface area contributed by atoms with Gasteiger partial charge in [0.2, 0.25) is 0 Å². The molecule has 0 saturated heterocycles. The van der Waals surface area contributed by atoms with Gasteiger partial charge in [0.05, 0.1) is 24.1 Å². The van der Waals surface area contributed by atoms with Gasteiger partial charge in [0.25, 0.3) is 0 Å². The molecule has 7 heteroatoms. The van der Waals surface area contributed by atoms with Crippen LogP contribution in [-0.4, -0.2) is 31.2 Å². The standard InChI is InChI=1S/C12H9N5OS/c18-7-9-5-17(16-15-9)6-10-8-19-12(14-10)11-3-1-2-4-13-11/h1-5,7-8H,6H2. The number of rotatable bonds is 4. The third kappa shape index (κ3) is 2.55. The highest BCUT2D eigenvalue weighted by atomic mass is 32.1. The third-order valence-electron chi connectivity index (χ3n) is 2.44. The molecule has 0 saturated carbocycles. The molecule has 0 atom stereocenters. The van der Waals surface area contributed by atoms with Crippen LogP contribution in [0.15, 0.2) is 36.0 Å². The molecule has 0 aliphatic carbocycles. The van der Waals surface area contributed by atoms with Crippen LogP contribution in [0.25, 0.3) is 10.7 Å². The highest BCUT2D eigenvalue weighted by Gasteiger charge is 2.07. The van der Waals surface area contributed by atoms with Crippen molar-refractivity contribution in [2.75, 3.05) is 0 Å². The highest BCUT2D eigenvalue weighted by Crippen LogP contribution is 2.21. The zero-order valence-electron chi connectivity index (χ0n) is 9.80. The van der Waals surface area contributed by atoms with E-state index in [0.717, 1.165) is 16.4 Å². The first-order chi connectivity index (χ1) is 9.35. The van der Waals surface area contributed by atoms with E-state index in [2.05, 4.69) is 20.3 Å². The zero-order chi connectivity index (χ0) is 13.1. The van der Waals surface area contributed by atoms with E-state index < -0.39 is 0 Å². The molecule has 0 aliphatic heterocycles. The first kappa shape index (κ1) is 11.7. The van der Waals surface area contributed by atoms with Crippen LogP contribution in [0, 0.1) is 0 Å². The molecule has 0 amide bonds. The summed E-state index contributed by atoms with van der Waals surface area (Å²) in [5.74, 6) is 0. The number of thiazole rings is 1. The summed E-state index contributed by atoms with van der Waals surface area (Å²) in [4.78, 5) is 19.3. The van der Waals surface area contributed by atoms with Gasteiger partial charge in [-0.2, -0.15) is 0 Å². The first-order valence-electron chi connectivity index (χ1n) is 5.56. The molecule has 0 unspecified atom stereocenters. The second kappa shape index (κ2) is 5.07. The van der Waals surface area contributed by atoms with E-state index in [1.54, 1.807) is 17.1 Å². The van der Waals surface area contributed by atoms with Gasteiger partial charge in [-0.15, -0.1) is 16.4 Å². The van der Waals surface area contributed by atoms with Crippen molar-refractivity contribution >= 4 is 17.6 Å². The van der Waals surface area contributed by atoms with E-state index in [9.17, 15) is 4.79 Å². The van der Waals surface area contributed by atoms with Gasteiger partial charge in [-0.3, -0.25) is 9.78 Å². The summed E-state index contributed by atoms with van der Waals surface area (Å²) in [6.45, 7) is 0.490. The molecular weight excluding hydrogens is 262 g/mol. The lowest BCUT2D eigenvalue weighted by atomic mass is 10.4. The van der Waals surface area contributed by atoms with Gasteiger partial charge in [0, 0.05) is 11.6 Å². The van der Waals surface area contributed by atoms with Crippen LogP contribution in [-0.2, 0) is 6.54 Å². The second-order valence-electron chi connectivity index (χ2n) is 3.82. The minimum absolute atomic E-state index is 0.320. The Balaban J connectivity index is 1.80. The fourth-order valence-electron chi connectivity index (χ4n) is 1.60. The average Bonchev–Trinajstić information content (AvgIpc) is 3.09. The van der Waals surface area contributed by atoms with E-state index in [4.69, 9.17) is 0 Å². The Morgan fingerprint density at radius 1 is 1.37 bits per heavy atom. The van der Waals surface area contributed by atoms with Crippen molar-refractivity contribution in [2.45, 2.75) is 6.54 Å². The summed E-state index contributed by atoms with van der Waals surface area (Å²) in [5, 5.41) is 10.4. The minimum Gasteiger partial charge on any atom is -0.296 e. The number of pyridine rings is 1. The molecule has 0 spiro atoms. The molecule has 3 aromatic heterocycles. The monoisotopic (exact) mass is 271 g/mol. The van der Waals surface area contributed by atoms with Gasteiger partial charge in [-0.1, -0.05) is 11.3 Å². The summed E-state index contributed by atoms with van der Waals surface area (Å²) in [5.41, 5.74) is 2.04. The van der Waals surface area contributed by atoms with Crippen molar-refractivity contribution < 1.29 is 4.79 Å². The second-order valence-corrected chi connectivity index (χ2v) is 4.68. The normalized spacial score (nSPS) is 10.5. The molecule has 0 aliphatic rings. The van der Waals surface area contributed by atoms with Crippen LogP contribution in [0.3, 0.4) is 0 Å². The Morgan fingerprint density at radius 2 is 2.32 bits per heavy atom. The van der Waals surface area contributed by atoms with E-state index in [1.807, 2.05) is 23.6 Å². The van der Waals surface area contributed by atoms with Crippen molar-refractivity contribution in [3.8, 4) is 10.7 Å². The van der Waals surface area contributed by atoms with Crippen LogP contribution >= 0.6 is 11.3 Å². The van der Waals surface area contributed by atoms with Crippen LogP contribution < -0.4 is 0 Å². The number of carbonyl (C=O) groups excluding carboxylic acids is 1. The third-order valence-corrected chi connectivity index (χ3v) is 3.35. The van der Waals surface area contributed by atoms with Gasteiger partial charge < -0.3 is 0 Å². The van der Waals surface area contributed by atoms with Gasteiger partial charge in [0.15, 0.2) is 6.29 Å². The van der Waals surface area contributed by atoms with E-state index in [-0.39, 0.29) is 0 Å². The van der Waals surface area contributed by atoms with Crippen LogP contribution in [0.4, 0.5) is 0 Å². The smallest absolute Gasteiger partial charge is 0.171 e. The molecule has 0 radical (unpaired) electrons. The maximum atomic E-state index is 10.5. The Labute approximate surface area is 112 Å². The van der Waals surface area contributed by atoms with Gasteiger partial charge in [0.1, 0.15) is 10.7 Å². The number of hydrogen-bond acceptors (Lipinski definition) is 6. The largest absolute Gasteiger partial charge is 0.296 e. The topological polar surface area (TPSA) is 73.6 Å². The highest BCUT2D eigenvalue weighted by molar-refractivity contribution is 7.13. The van der Waals surface area contributed by atoms with E-state index in [0.29, 0.717) is 18.5 Å². The Kier molecular flexibility index (Phi) is 3.11. The molecule has 0 bridgehead atoms.